The van der Waals surface area contributed by atoms with Crippen LogP contribution in [0.3, 0.4) is 0 Å². The van der Waals surface area contributed by atoms with Crippen LogP contribution < -0.4 is 5.32 Å². The predicted octanol–water partition coefficient (Wildman–Crippen LogP) is 4.03. The lowest BCUT2D eigenvalue weighted by atomic mass is 9.87. The van der Waals surface area contributed by atoms with Gasteiger partial charge in [-0.25, -0.2) is 0 Å². The van der Waals surface area contributed by atoms with Crippen LogP contribution in [0.1, 0.15) is 42.3 Å². The van der Waals surface area contributed by atoms with Gasteiger partial charge >= 0.3 is 0 Å². The summed E-state index contributed by atoms with van der Waals surface area (Å²) < 4.78 is 0. The number of benzene rings is 2. The van der Waals surface area contributed by atoms with Crippen LogP contribution in [0.15, 0.2) is 48.5 Å². The summed E-state index contributed by atoms with van der Waals surface area (Å²) >= 11 is 5.86. The number of carbonyl (C=O) groups excluding carboxylic acids is 2. The summed E-state index contributed by atoms with van der Waals surface area (Å²) in [5, 5.41) is 3.34. The molecule has 0 bridgehead atoms. The Kier molecular flexibility index (Phi) is 6.43. The molecular formula is C21H25ClN2O2. The number of rotatable bonds is 5. The Morgan fingerprint density at radius 3 is 2.12 bits per heavy atom. The summed E-state index contributed by atoms with van der Waals surface area (Å²) in [5.74, 6) is -0.404. The van der Waals surface area contributed by atoms with Gasteiger partial charge in [0.15, 0.2) is 0 Å². The molecule has 1 N–H and O–H groups in total. The molecule has 0 saturated heterocycles. The molecule has 0 aliphatic rings. The number of nitrogens with zero attached hydrogens (tertiary/aromatic N) is 1. The first-order valence-electron chi connectivity index (χ1n) is 8.54. The number of nitrogens with one attached hydrogen (secondary N) is 1. The number of hydrogen-bond donors (Lipinski definition) is 1. The molecule has 0 fully saturated rings. The number of amides is 2. The van der Waals surface area contributed by atoms with Crippen molar-refractivity contribution in [1.29, 1.82) is 0 Å². The highest BCUT2D eigenvalue weighted by atomic mass is 35.5. The molecule has 0 saturated carbocycles. The van der Waals surface area contributed by atoms with E-state index in [-0.39, 0.29) is 23.8 Å². The van der Waals surface area contributed by atoms with Crippen molar-refractivity contribution in [3.63, 3.8) is 0 Å². The number of halogens is 1. The van der Waals surface area contributed by atoms with Crippen LogP contribution in [0.5, 0.6) is 0 Å². The molecule has 138 valence electrons. The Labute approximate surface area is 160 Å². The molecule has 0 aliphatic heterocycles. The molecule has 2 amide bonds. The number of hydrogen-bond acceptors (Lipinski definition) is 2. The van der Waals surface area contributed by atoms with Gasteiger partial charge < -0.3 is 10.2 Å². The topological polar surface area (TPSA) is 49.4 Å². The Hall–Kier alpha value is -2.33. The fourth-order valence-corrected chi connectivity index (χ4v) is 2.59. The summed E-state index contributed by atoms with van der Waals surface area (Å²) in [5.41, 5.74) is 2.73. The van der Waals surface area contributed by atoms with Gasteiger partial charge in [-0.05, 0) is 40.8 Å². The summed E-state index contributed by atoms with van der Waals surface area (Å²) in [4.78, 5) is 26.0. The summed E-state index contributed by atoms with van der Waals surface area (Å²) in [6.45, 7) is 6.79. The van der Waals surface area contributed by atoms with Crippen LogP contribution in [0.2, 0.25) is 5.02 Å². The van der Waals surface area contributed by atoms with Crippen LogP contribution in [0.4, 0.5) is 0 Å². The smallest absolute Gasteiger partial charge is 0.251 e. The van der Waals surface area contributed by atoms with Crippen LogP contribution in [0, 0.1) is 0 Å². The monoisotopic (exact) mass is 372 g/mol. The van der Waals surface area contributed by atoms with Crippen molar-refractivity contribution in [2.75, 3.05) is 13.6 Å². The maximum atomic E-state index is 12.2. The maximum Gasteiger partial charge on any atom is 0.251 e. The molecule has 5 heteroatoms. The molecule has 0 radical (unpaired) electrons. The van der Waals surface area contributed by atoms with Gasteiger partial charge in [-0.2, -0.15) is 0 Å². The normalized spacial score (nSPS) is 11.1. The van der Waals surface area contributed by atoms with E-state index >= 15 is 0 Å². The molecule has 2 aromatic carbocycles. The minimum Gasteiger partial charge on any atom is -0.343 e. The van der Waals surface area contributed by atoms with E-state index in [1.54, 1.807) is 36.2 Å². The third-order valence-electron chi connectivity index (χ3n) is 4.17. The van der Waals surface area contributed by atoms with Gasteiger partial charge in [0, 0.05) is 24.2 Å². The molecular weight excluding hydrogens is 348 g/mol. The summed E-state index contributed by atoms with van der Waals surface area (Å²) in [7, 11) is 1.71. The predicted molar refractivity (Wildman–Crippen MR) is 105 cm³/mol. The highest BCUT2D eigenvalue weighted by Crippen LogP contribution is 2.22. The molecule has 4 nitrogen and oxygen atoms in total. The molecule has 0 heterocycles. The second kappa shape index (κ2) is 8.37. The minimum atomic E-state index is -0.251. The van der Waals surface area contributed by atoms with Gasteiger partial charge in [-0.15, -0.1) is 0 Å². The second-order valence-corrected chi connectivity index (χ2v) is 7.82. The molecule has 0 atom stereocenters. The molecule has 2 aromatic rings. The van der Waals surface area contributed by atoms with E-state index in [9.17, 15) is 9.59 Å². The molecule has 0 aliphatic carbocycles. The highest BCUT2D eigenvalue weighted by Gasteiger charge is 2.15. The quantitative estimate of drug-likeness (QED) is 0.861. The lowest BCUT2D eigenvalue weighted by molar-refractivity contribution is -0.129. The Morgan fingerprint density at radius 1 is 1.00 bits per heavy atom. The maximum absolute atomic E-state index is 12.2. The van der Waals surface area contributed by atoms with Crippen molar-refractivity contribution in [2.45, 2.75) is 32.7 Å². The first-order chi connectivity index (χ1) is 12.2. The first kappa shape index (κ1) is 20.0. The fourth-order valence-electron chi connectivity index (χ4n) is 2.47. The van der Waals surface area contributed by atoms with Crippen LogP contribution in [-0.4, -0.2) is 30.3 Å². The highest BCUT2D eigenvalue weighted by molar-refractivity contribution is 6.30. The van der Waals surface area contributed by atoms with Crippen molar-refractivity contribution in [2.24, 2.45) is 0 Å². The fraction of sp³-hybridized carbons (Fsp3) is 0.333. The second-order valence-electron chi connectivity index (χ2n) is 7.39. The van der Waals surface area contributed by atoms with Gasteiger partial charge in [-0.1, -0.05) is 56.6 Å². The van der Waals surface area contributed by atoms with Crippen molar-refractivity contribution in [1.82, 2.24) is 10.2 Å². The van der Waals surface area contributed by atoms with Crippen molar-refractivity contribution in [3.05, 3.63) is 70.2 Å². The van der Waals surface area contributed by atoms with Gasteiger partial charge in [0.25, 0.3) is 5.91 Å². The average Bonchev–Trinajstić information content (AvgIpc) is 2.60. The van der Waals surface area contributed by atoms with Crippen LogP contribution in [0.25, 0.3) is 0 Å². The summed E-state index contributed by atoms with van der Waals surface area (Å²) in [6.07, 6.45) is 0. The molecule has 0 unspecified atom stereocenters. The van der Waals surface area contributed by atoms with Crippen molar-refractivity contribution in [3.8, 4) is 0 Å². The lowest BCUT2D eigenvalue weighted by Gasteiger charge is -2.19. The van der Waals surface area contributed by atoms with E-state index in [4.69, 9.17) is 11.6 Å². The van der Waals surface area contributed by atoms with Gasteiger partial charge in [-0.3, -0.25) is 9.59 Å². The largest absolute Gasteiger partial charge is 0.343 e. The summed E-state index contributed by atoms with van der Waals surface area (Å²) in [6, 6.07) is 14.8. The zero-order chi connectivity index (χ0) is 19.3. The third kappa shape index (κ3) is 5.60. The van der Waals surface area contributed by atoms with Gasteiger partial charge in [0.05, 0.1) is 6.54 Å². The minimum absolute atomic E-state index is 0.0371. The third-order valence-corrected chi connectivity index (χ3v) is 4.42. The number of carbonyl (C=O) groups is 2. The standard InChI is InChI=1S/C21H25ClN2O2/c1-21(2,3)17-9-7-16(8-10-17)20(26)23-13-19(25)24(4)14-15-5-11-18(22)12-6-15/h5-12H,13-14H2,1-4H3,(H,23,26). The Bertz CT molecular complexity index is 762. The molecule has 0 aromatic heterocycles. The molecule has 2 rings (SSSR count). The van der Waals surface area contributed by atoms with Crippen LogP contribution >= 0.6 is 11.6 Å². The zero-order valence-electron chi connectivity index (χ0n) is 15.7. The van der Waals surface area contributed by atoms with Gasteiger partial charge in [0.2, 0.25) is 5.91 Å². The van der Waals surface area contributed by atoms with E-state index in [2.05, 4.69) is 26.1 Å². The van der Waals surface area contributed by atoms with E-state index < -0.39 is 0 Å². The van der Waals surface area contributed by atoms with Crippen molar-refractivity contribution >= 4 is 23.4 Å². The average molecular weight is 373 g/mol. The Balaban J connectivity index is 1.87. The van der Waals surface area contributed by atoms with Gasteiger partial charge in [0.1, 0.15) is 0 Å². The van der Waals surface area contributed by atoms with E-state index in [1.807, 2.05) is 24.3 Å². The van der Waals surface area contributed by atoms with E-state index in [0.29, 0.717) is 17.1 Å². The first-order valence-corrected chi connectivity index (χ1v) is 8.92. The molecule has 0 spiro atoms. The van der Waals surface area contributed by atoms with E-state index in [1.165, 1.54) is 0 Å². The van der Waals surface area contributed by atoms with Crippen LogP contribution in [-0.2, 0) is 16.8 Å². The zero-order valence-corrected chi connectivity index (χ0v) is 16.4. The Morgan fingerprint density at radius 2 is 1.58 bits per heavy atom. The SMILES string of the molecule is CN(Cc1ccc(Cl)cc1)C(=O)CNC(=O)c1ccc(C(C)(C)C)cc1. The molecule has 26 heavy (non-hydrogen) atoms. The number of likely N-dealkylation sites (N-methyl/N-ethyl adjacent to an activating group) is 1. The van der Waals surface area contributed by atoms with Crippen molar-refractivity contribution < 1.29 is 9.59 Å². The lowest BCUT2D eigenvalue weighted by Crippen LogP contribution is -2.37. The van der Waals surface area contributed by atoms with E-state index in [0.717, 1.165) is 11.1 Å².